The fourth-order valence-corrected chi connectivity index (χ4v) is 0.970. The summed E-state index contributed by atoms with van der Waals surface area (Å²) in [5.41, 5.74) is 0. The van der Waals surface area contributed by atoms with Gasteiger partial charge in [-0.25, -0.2) is 0 Å². The number of amides is 2. The Labute approximate surface area is 77.0 Å². The summed E-state index contributed by atoms with van der Waals surface area (Å²) in [4.78, 5) is 21.1. The number of rotatable bonds is 5. The summed E-state index contributed by atoms with van der Waals surface area (Å²) in [6, 6.07) is 0. The van der Waals surface area contributed by atoms with E-state index in [0.29, 0.717) is 11.3 Å². The predicted molar refractivity (Wildman–Crippen MR) is 47.2 cm³/mol. The zero-order valence-electron chi connectivity index (χ0n) is 7.69. The maximum atomic E-state index is 10.3. The standard InChI is InChI=1S/C8H15NO4/c1-2-3-4-5-6-9(7(10)11)8(12)13/h2-6H2,1H3,(H,10,11)(H,12,13)/q+1. The lowest BCUT2D eigenvalue weighted by Gasteiger charge is -1.99. The van der Waals surface area contributed by atoms with E-state index in [-0.39, 0.29) is 6.54 Å². The van der Waals surface area contributed by atoms with Crippen LogP contribution in [0.15, 0.2) is 0 Å². The van der Waals surface area contributed by atoms with E-state index >= 15 is 0 Å². The molecule has 2 amide bonds. The zero-order valence-corrected chi connectivity index (χ0v) is 7.69. The molecule has 0 aliphatic carbocycles. The summed E-state index contributed by atoms with van der Waals surface area (Å²) >= 11 is 0. The van der Waals surface area contributed by atoms with Crippen LogP contribution in [-0.2, 0) is 0 Å². The van der Waals surface area contributed by atoms with E-state index in [0.717, 1.165) is 19.3 Å². The topological polar surface area (TPSA) is 80.5 Å². The minimum atomic E-state index is -1.40. The van der Waals surface area contributed by atoms with Crippen molar-refractivity contribution in [2.75, 3.05) is 6.54 Å². The van der Waals surface area contributed by atoms with Crippen molar-refractivity contribution in [2.24, 2.45) is 0 Å². The highest BCUT2D eigenvalue weighted by molar-refractivity contribution is 5.89. The molecule has 13 heavy (non-hydrogen) atoms. The molecule has 0 aliphatic heterocycles. The third kappa shape index (κ3) is 5.19. The molecule has 0 saturated carbocycles. The monoisotopic (exact) mass is 189 g/mol. The molecule has 0 aliphatic rings. The van der Waals surface area contributed by atoms with Crippen LogP contribution in [0.25, 0.3) is 0 Å². The first-order valence-corrected chi connectivity index (χ1v) is 4.33. The Kier molecular flexibility index (Phi) is 5.88. The van der Waals surface area contributed by atoms with Crippen LogP contribution in [0.4, 0.5) is 9.59 Å². The normalized spacial score (nSPS) is 10.3. The maximum Gasteiger partial charge on any atom is 0.575 e. The van der Waals surface area contributed by atoms with Crippen LogP contribution in [0.5, 0.6) is 0 Å². The van der Waals surface area contributed by atoms with Crippen LogP contribution in [0, 0.1) is 0 Å². The largest absolute Gasteiger partial charge is 0.575 e. The summed E-state index contributed by atoms with van der Waals surface area (Å²) in [6.07, 6.45) is 0.723. The predicted octanol–water partition coefficient (Wildman–Crippen LogP) is 2.06. The molecule has 0 heterocycles. The minimum absolute atomic E-state index is 0.0741. The molecule has 5 nitrogen and oxygen atoms in total. The van der Waals surface area contributed by atoms with E-state index in [1.54, 1.807) is 0 Å². The van der Waals surface area contributed by atoms with Gasteiger partial charge >= 0.3 is 12.2 Å². The van der Waals surface area contributed by atoms with Gasteiger partial charge in [-0.05, 0) is 6.42 Å². The van der Waals surface area contributed by atoms with Crippen molar-refractivity contribution in [3.8, 4) is 0 Å². The fourth-order valence-electron chi connectivity index (χ4n) is 0.970. The van der Waals surface area contributed by atoms with Gasteiger partial charge in [-0.3, -0.25) is 0 Å². The maximum absolute atomic E-state index is 10.3. The minimum Gasteiger partial charge on any atom is -0.431 e. The average molecular weight is 189 g/mol. The molecule has 0 unspecified atom stereocenters. The highest BCUT2D eigenvalue weighted by Crippen LogP contribution is 2.00. The fraction of sp³-hybridized carbons (Fsp3) is 0.750. The van der Waals surface area contributed by atoms with Crippen molar-refractivity contribution in [3.63, 3.8) is 0 Å². The highest BCUT2D eigenvalue weighted by Gasteiger charge is 2.34. The molecule has 5 heteroatoms. The van der Waals surface area contributed by atoms with Crippen molar-refractivity contribution >= 4 is 12.2 Å². The Morgan fingerprint density at radius 1 is 1.08 bits per heavy atom. The van der Waals surface area contributed by atoms with Gasteiger partial charge in [0.25, 0.3) is 0 Å². The lowest BCUT2D eigenvalue weighted by atomic mass is 10.2. The van der Waals surface area contributed by atoms with Gasteiger partial charge in [0, 0.05) is 11.3 Å². The summed E-state index contributed by atoms with van der Waals surface area (Å²) < 4.78 is 0. The molecular weight excluding hydrogens is 174 g/mol. The first kappa shape index (κ1) is 11.9. The molecule has 0 spiro atoms. The molecule has 0 aromatic heterocycles. The van der Waals surface area contributed by atoms with Crippen LogP contribution in [0.3, 0.4) is 0 Å². The van der Waals surface area contributed by atoms with Crippen LogP contribution in [0.2, 0.25) is 0 Å². The zero-order chi connectivity index (χ0) is 10.3. The van der Waals surface area contributed by atoms with Gasteiger partial charge in [0.05, 0.1) is 0 Å². The lowest BCUT2D eigenvalue weighted by molar-refractivity contribution is 0.148. The number of imide groups is 1. The Hall–Kier alpha value is -1.10. The van der Waals surface area contributed by atoms with Crippen LogP contribution in [0.1, 0.15) is 32.6 Å². The quantitative estimate of drug-likeness (QED) is 0.512. The molecule has 1 radical (unpaired) electrons. The molecule has 0 atom stereocenters. The van der Waals surface area contributed by atoms with Gasteiger partial charge in [-0.1, -0.05) is 19.8 Å². The second-order valence-electron chi connectivity index (χ2n) is 2.78. The third-order valence-corrected chi connectivity index (χ3v) is 1.70. The highest BCUT2D eigenvalue weighted by atomic mass is 16.4. The summed E-state index contributed by atoms with van der Waals surface area (Å²) in [6.45, 7) is 2.11. The summed E-state index contributed by atoms with van der Waals surface area (Å²) in [5.74, 6) is 0. The van der Waals surface area contributed by atoms with Crippen molar-refractivity contribution < 1.29 is 19.8 Å². The molecule has 0 fully saturated rings. The first-order valence-electron chi connectivity index (χ1n) is 4.33. The first-order chi connectivity index (χ1) is 6.09. The third-order valence-electron chi connectivity index (χ3n) is 1.70. The summed E-state index contributed by atoms with van der Waals surface area (Å²) in [5, 5.41) is 16.9. The van der Waals surface area contributed by atoms with Crippen LogP contribution < -0.4 is 4.90 Å². The Morgan fingerprint density at radius 2 is 1.62 bits per heavy atom. The second-order valence-corrected chi connectivity index (χ2v) is 2.78. The van der Waals surface area contributed by atoms with Crippen molar-refractivity contribution in [1.82, 2.24) is 4.90 Å². The van der Waals surface area contributed by atoms with Crippen molar-refractivity contribution in [2.45, 2.75) is 32.6 Å². The van der Waals surface area contributed by atoms with Gasteiger partial charge in [-0.2, -0.15) is 9.59 Å². The van der Waals surface area contributed by atoms with E-state index < -0.39 is 12.2 Å². The Balaban J connectivity index is 3.71. The SMILES string of the molecule is CCCCCC[N+](C(=O)O)C(=O)O. The van der Waals surface area contributed by atoms with Crippen molar-refractivity contribution in [1.29, 1.82) is 0 Å². The average Bonchev–Trinajstić information content (AvgIpc) is 2.02. The van der Waals surface area contributed by atoms with Crippen LogP contribution >= 0.6 is 0 Å². The van der Waals surface area contributed by atoms with Gasteiger partial charge < -0.3 is 10.2 Å². The molecule has 0 aromatic rings. The number of unbranched alkanes of at least 4 members (excludes halogenated alkanes) is 3. The smallest absolute Gasteiger partial charge is 0.431 e. The van der Waals surface area contributed by atoms with Crippen LogP contribution in [-0.4, -0.2) is 28.9 Å². The molecule has 75 valence electrons. The molecule has 0 aromatic carbocycles. The molecular formula is C8H15NO4+. The van der Waals surface area contributed by atoms with E-state index in [1.807, 2.05) is 6.92 Å². The molecule has 0 saturated heterocycles. The van der Waals surface area contributed by atoms with Gasteiger partial charge in [0.1, 0.15) is 6.54 Å². The number of hydrogen-bond donors (Lipinski definition) is 2. The van der Waals surface area contributed by atoms with Crippen molar-refractivity contribution in [3.05, 3.63) is 0 Å². The van der Waals surface area contributed by atoms with Gasteiger partial charge in [-0.15, -0.1) is 0 Å². The number of hydrogen-bond acceptors (Lipinski definition) is 2. The molecule has 2 N–H and O–H groups in total. The Bertz CT molecular complexity index is 167. The lowest BCUT2D eigenvalue weighted by Crippen LogP contribution is -2.41. The summed E-state index contributed by atoms with van der Waals surface area (Å²) in [7, 11) is 0. The van der Waals surface area contributed by atoms with E-state index in [4.69, 9.17) is 10.2 Å². The van der Waals surface area contributed by atoms with E-state index in [9.17, 15) is 9.59 Å². The number of carboxylic acid groups (broad SMARTS) is 2. The molecule has 0 bridgehead atoms. The van der Waals surface area contributed by atoms with Gasteiger partial charge in [0.2, 0.25) is 0 Å². The van der Waals surface area contributed by atoms with Gasteiger partial charge in [0.15, 0.2) is 0 Å². The Morgan fingerprint density at radius 3 is 2.00 bits per heavy atom. The molecule has 0 rings (SSSR count). The second kappa shape index (κ2) is 6.42. The number of carbonyl (C=O) groups is 2. The van der Waals surface area contributed by atoms with E-state index in [2.05, 4.69) is 0 Å². The van der Waals surface area contributed by atoms with E-state index in [1.165, 1.54) is 0 Å². The number of nitrogens with zero attached hydrogens (tertiary/aromatic N) is 1.